The smallest absolute Gasteiger partial charge is 0.302 e. The fourth-order valence-electron chi connectivity index (χ4n) is 1.92. The molecule has 5 atom stereocenters. The average molecular weight is 270 g/mol. The van der Waals surface area contributed by atoms with Crippen LogP contribution < -0.4 is 0 Å². The van der Waals surface area contributed by atoms with Crippen LogP contribution in [0.2, 0.25) is 0 Å². The summed E-state index contributed by atoms with van der Waals surface area (Å²) >= 11 is 0. The third kappa shape index (κ3) is 3.49. The average Bonchev–Trinajstić information content (AvgIpc) is 2.36. The van der Waals surface area contributed by atoms with E-state index < -0.39 is 36.6 Å². The number of hydrogen-bond acceptors (Lipinski definition) is 6. The summed E-state index contributed by atoms with van der Waals surface area (Å²) < 4.78 is 15.6. The lowest BCUT2D eigenvalue weighted by molar-refractivity contribution is -0.222. The third-order valence-electron chi connectivity index (χ3n) is 2.69. The topological polar surface area (TPSA) is 142 Å². The fourth-order valence-corrected chi connectivity index (χ4v) is 1.92. The molecule has 1 aliphatic rings. The summed E-state index contributed by atoms with van der Waals surface area (Å²) in [4.78, 5) is 16.5. The first kappa shape index (κ1) is 15.1. The standard InChI is InChI=1S/C9H14N6O4/c1-4-6(12-14-10)8(19-5(2)16)7(13-15-11)9(17-3)18-4/h4,6-9H,1-3H3/t4-,6+,7+,8+,9+/m0/s1. The molecule has 0 spiro atoms. The van der Waals surface area contributed by atoms with E-state index in [4.69, 9.17) is 25.3 Å². The van der Waals surface area contributed by atoms with Gasteiger partial charge in [-0.25, -0.2) is 0 Å². The molecule has 0 bridgehead atoms. The van der Waals surface area contributed by atoms with E-state index in [9.17, 15) is 4.79 Å². The Morgan fingerprint density at radius 2 is 1.84 bits per heavy atom. The summed E-state index contributed by atoms with van der Waals surface area (Å²) in [6.07, 6.45) is -2.35. The molecule has 104 valence electrons. The number of methoxy groups -OCH3 is 1. The Morgan fingerprint density at radius 3 is 2.32 bits per heavy atom. The van der Waals surface area contributed by atoms with Gasteiger partial charge < -0.3 is 14.2 Å². The number of esters is 1. The van der Waals surface area contributed by atoms with E-state index in [0.29, 0.717) is 0 Å². The van der Waals surface area contributed by atoms with Crippen molar-refractivity contribution in [3.8, 4) is 0 Å². The minimum Gasteiger partial charge on any atom is -0.461 e. The van der Waals surface area contributed by atoms with Crippen LogP contribution in [0.1, 0.15) is 13.8 Å². The minimum absolute atomic E-state index is 0.546. The highest BCUT2D eigenvalue weighted by atomic mass is 16.7. The maximum absolute atomic E-state index is 11.1. The lowest BCUT2D eigenvalue weighted by Crippen LogP contribution is -2.56. The maximum Gasteiger partial charge on any atom is 0.302 e. The van der Waals surface area contributed by atoms with Crippen molar-refractivity contribution in [2.24, 2.45) is 10.2 Å². The normalized spacial score (nSPS) is 33.7. The molecule has 10 nitrogen and oxygen atoms in total. The summed E-state index contributed by atoms with van der Waals surface area (Å²) in [5.74, 6) is -0.578. The van der Waals surface area contributed by atoms with Gasteiger partial charge in [0.25, 0.3) is 0 Å². The first-order valence-corrected chi connectivity index (χ1v) is 5.49. The number of nitrogens with zero attached hydrogens (tertiary/aromatic N) is 6. The van der Waals surface area contributed by atoms with Crippen molar-refractivity contribution < 1.29 is 19.0 Å². The van der Waals surface area contributed by atoms with Crippen LogP contribution in [-0.2, 0) is 19.0 Å². The van der Waals surface area contributed by atoms with Crippen LogP contribution in [0.3, 0.4) is 0 Å². The molecule has 0 aromatic heterocycles. The maximum atomic E-state index is 11.1. The number of carbonyl (C=O) groups is 1. The van der Waals surface area contributed by atoms with Crippen molar-refractivity contribution in [1.82, 2.24) is 0 Å². The Balaban J connectivity index is 3.14. The van der Waals surface area contributed by atoms with Crippen LogP contribution >= 0.6 is 0 Å². The lowest BCUT2D eigenvalue weighted by atomic mass is 9.96. The second kappa shape index (κ2) is 6.81. The molecule has 0 aliphatic carbocycles. The van der Waals surface area contributed by atoms with Crippen LogP contribution in [0, 0.1) is 0 Å². The van der Waals surface area contributed by atoms with Crippen LogP contribution in [0.5, 0.6) is 0 Å². The van der Waals surface area contributed by atoms with Crippen LogP contribution in [-0.4, -0.2) is 43.7 Å². The molecule has 1 heterocycles. The zero-order valence-corrected chi connectivity index (χ0v) is 10.7. The zero-order chi connectivity index (χ0) is 14.4. The van der Waals surface area contributed by atoms with Crippen LogP contribution in [0.25, 0.3) is 20.9 Å². The Morgan fingerprint density at radius 1 is 1.26 bits per heavy atom. The van der Waals surface area contributed by atoms with Crippen molar-refractivity contribution in [1.29, 1.82) is 0 Å². The highest BCUT2D eigenvalue weighted by Gasteiger charge is 2.46. The van der Waals surface area contributed by atoms with Gasteiger partial charge in [0, 0.05) is 23.9 Å². The van der Waals surface area contributed by atoms with Gasteiger partial charge in [-0.3, -0.25) is 4.79 Å². The molecule has 0 aromatic carbocycles. The summed E-state index contributed by atoms with van der Waals surface area (Å²) in [6.45, 7) is 2.86. The monoisotopic (exact) mass is 270 g/mol. The Labute approximate surface area is 108 Å². The Bertz CT molecular complexity index is 430. The molecule has 0 saturated carbocycles. The van der Waals surface area contributed by atoms with Crippen molar-refractivity contribution in [3.05, 3.63) is 20.9 Å². The molecule has 0 amide bonds. The van der Waals surface area contributed by atoms with E-state index in [2.05, 4.69) is 20.1 Å². The SMILES string of the molecule is CO[C@@H]1O[C@@H](C)[C@@H](N=[N+]=[N-])[C@@H](OC(C)=O)[C@H]1N=[N+]=[N-]. The van der Waals surface area contributed by atoms with Gasteiger partial charge in [-0.05, 0) is 18.0 Å². The second-order valence-electron chi connectivity index (χ2n) is 3.91. The molecule has 19 heavy (non-hydrogen) atoms. The van der Waals surface area contributed by atoms with E-state index >= 15 is 0 Å². The number of azide groups is 2. The zero-order valence-electron chi connectivity index (χ0n) is 10.7. The molecular formula is C9H14N6O4. The molecule has 1 aliphatic heterocycles. The number of carbonyl (C=O) groups excluding carboxylic acids is 1. The third-order valence-corrected chi connectivity index (χ3v) is 2.69. The molecule has 10 heteroatoms. The predicted octanol–water partition coefficient (Wildman–Crippen LogP) is 1.67. The first-order chi connectivity index (χ1) is 9.04. The summed E-state index contributed by atoms with van der Waals surface area (Å²) in [6, 6.07) is -1.72. The largest absolute Gasteiger partial charge is 0.461 e. The van der Waals surface area contributed by atoms with Crippen molar-refractivity contribution in [2.45, 2.75) is 44.4 Å². The van der Waals surface area contributed by atoms with E-state index in [1.54, 1.807) is 6.92 Å². The van der Waals surface area contributed by atoms with Gasteiger partial charge in [-0.1, -0.05) is 10.2 Å². The van der Waals surface area contributed by atoms with Gasteiger partial charge in [-0.15, -0.1) is 0 Å². The molecule has 0 unspecified atom stereocenters. The molecule has 0 N–H and O–H groups in total. The van der Waals surface area contributed by atoms with Gasteiger partial charge in [-0.2, -0.15) is 0 Å². The minimum atomic E-state index is -0.932. The van der Waals surface area contributed by atoms with Crippen molar-refractivity contribution in [3.63, 3.8) is 0 Å². The first-order valence-electron chi connectivity index (χ1n) is 5.49. The summed E-state index contributed by atoms with van der Waals surface area (Å²) in [7, 11) is 1.37. The molecule has 0 aromatic rings. The number of rotatable bonds is 4. The Kier molecular flexibility index (Phi) is 5.40. The molecule has 1 rings (SSSR count). The molecular weight excluding hydrogens is 256 g/mol. The number of hydrogen-bond donors (Lipinski definition) is 0. The number of ether oxygens (including phenoxy) is 3. The van der Waals surface area contributed by atoms with E-state index in [-0.39, 0.29) is 0 Å². The fraction of sp³-hybridized carbons (Fsp3) is 0.889. The molecule has 1 fully saturated rings. The van der Waals surface area contributed by atoms with E-state index in [0.717, 1.165) is 0 Å². The van der Waals surface area contributed by atoms with E-state index in [1.165, 1.54) is 14.0 Å². The van der Waals surface area contributed by atoms with Gasteiger partial charge >= 0.3 is 5.97 Å². The highest BCUT2D eigenvalue weighted by Crippen LogP contribution is 2.28. The van der Waals surface area contributed by atoms with E-state index in [1.807, 2.05) is 0 Å². The molecule has 1 saturated heterocycles. The highest BCUT2D eigenvalue weighted by molar-refractivity contribution is 5.66. The Hall–Kier alpha value is -1.99. The lowest BCUT2D eigenvalue weighted by Gasteiger charge is -2.41. The van der Waals surface area contributed by atoms with Crippen LogP contribution in [0.15, 0.2) is 10.2 Å². The van der Waals surface area contributed by atoms with Crippen molar-refractivity contribution in [2.75, 3.05) is 7.11 Å². The van der Waals surface area contributed by atoms with Gasteiger partial charge in [0.05, 0.1) is 6.10 Å². The molecule has 0 radical (unpaired) electrons. The summed E-state index contributed by atoms with van der Waals surface area (Å²) in [5.41, 5.74) is 17.1. The predicted molar refractivity (Wildman–Crippen MR) is 62.8 cm³/mol. The van der Waals surface area contributed by atoms with Gasteiger partial charge in [0.1, 0.15) is 18.2 Å². The van der Waals surface area contributed by atoms with Crippen LogP contribution in [0.4, 0.5) is 0 Å². The van der Waals surface area contributed by atoms with Gasteiger partial charge in [0.2, 0.25) is 0 Å². The van der Waals surface area contributed by atoms with Gasteiger partial charge in [0.15, 0.2) is 6.29 Å². The second-order valence-corrected chi connectivity index (χ2v) is 3.91. The summed E-state index contributed by atoms with van der Waals surface area (Å²) in [5, 5.41) is 7.05. The van der Waals surface area contributed by atoms with Crippen molar-refractivity contribution >= 4 is 5.97 Å². The quantitative estimate of drug-likeness (QED) is 0.331.